The first-order chi connectivity index (χ1) is 15.2. The molecule has 0 aliphatic carbocycles. The molecule has 0 spiro atoms. The van der Waals surface area contributed by atoms with Gasteiger partial charge >= 0.3 is 0 Å². The number of carbonyl (C=O) groups excluding carboxylic acids is 1. The first-order valence-corrected chi connectivity index (χ1v) is 10.6. The molecule has 1 N–H and O–H groups in total. The molecular formula is C25H18N2O3S. The second kappa shape index (κ2) is 8.08. The maximum atomic E-state index is 12.7. The number of nitrogens with one attached hydrogen (secondary N) is 1. The Hall–Kier alpha value is -3.90. The highest BCUT2D eigenvalue weighted by atomic mass is 32.1. The topological polar surface area (TPSA) is 64.4 Å². The van der Waals surface area contributed by atoms with Gasteiger partial charge in [0.2, 0.25) is 0 Å². The minimum Gasteiger partial charge on any atom is -0.493 e. The minimum atomic E-state index is -0.349. The number of ether oxygens (including phenoxy) is 1. The predicted octanol–water partition coefficient (Wildman–Crippen LogP) is 6.48. The van der Waals surface area contributed by atoms with Crippen molar-refractivity contribution in [3.05, 3.63) is 90.0 Å². The molecule has 5 rings (SSSR count). The molecule has 0 bridgehead atoms. The lowest BCUT2D eigenvalue weighted by atomic mass is 10.0. The number of benzene rings is 3. The lowest BCUT2D eigenvalue weighted by Gasteiger charge is -2.03. The van der Waals surface area contributed by atoms with E-state index in [1.54, 1.807) is 19.2 Å². The molecule has 0 saturated heterocycles. The zero-order chi connectivity index (χ0) is 21.2. The third-order valence-corrected chi connectivity index (χ3v) is 5.72. The summed E-state index contributed by atoms with van der Waals surface area (Å²) in [6, 6.07) is 25.7. The molecule has 0 fully saturated rings. The molecule has 0 atom stereocenters. The normalized spacial score (nSPS) is 10.9. The molecule has 5 aromatic rings. The average molecular weight is 426 g/mol. The number of hydrogen-bond acceptors (Lipinski definition) is 5. The van der Waals surface area contributed by atoms with Gasteiger partial charge in [-0.25, -0.2) is 4.98 Å². The first kappa shape index (κ1) is 19.1. The van der Waals surface area contributed by atoms with E-state index in [9.17, 15) is 4.79 Å². The smallest absolute Gasteiger partial charge is 0.293 e. The largest absolute Gasteiger partial charge is 0.493 e. The van der Waals surface area contributed by atoms with Crippen molar-refractivity contribution in [3.63, 3.8) is 0 Å². The molecule has 31 heavy (non-hydrogen) atoms. The van der Waals surface area contributed by atoms with Gasteiger partial charge in [0.05, 0.1) is 12.8 Å². The number of aromatic nitrogens is 1. The molecule has 0 saturated carbocycles. The zero-order valence-electron chi connectivity index (χ0n) is 16.7. The lowest BCUT2D eigenvalue weighted by Crippen LogP contribution is -2.10. The van der Waals surface area contributed by atoms with Gasteiger partial charge in [0.1, 0.15) is 0 Å². The van der Waals surface area contributed by atoms with Crippen LogP contribution in [-0.2, 0) is 0 Å². The second-order valence-electron chi connectivity index (χ2n) is 6.92. The Kier molecular flexibility index (Phi) is 4.98. The van der Waals surface area contributed by atoms with Crippen molar-refractivity contribution in [2.75, 3.05) is 12.4 Å². The van der Waals surface area contributed by atoms with Crippen molar-refractivity contribution >= 4 is 33.3 Å². The SMILES string of the molecule is COc1cccc2cc(C(=O)Nc3nc(-c4ccc(-c5ccccc5)cc4)cs3)oc12. The summed E-state index contributed by atoms with van der Waals surface area (Å²) in [5.74, 6) is 0.453. The van der Waals surface area contributed by atoms with Gasteiger partial charge in [-0.15, -0.1) is 11.3 Å². The van der Waals surface area contributed by atoms with E-state index in [4.69, 9.17) is 9.15 Å². The Bertz CT molecular complexity index is 1350. The van der Waals surface area contributed by atoms with Crippen LogP contribution in [-0.4, -0.2) is 18.0 Å². The number of fused-ring (bicyclic) bond motifs is 1. The van der Waals surface area contributed by atoms with E-state index < -0.39 is 0 Å². The molecule has 3 aromatic carbocycles. The minimum absolute atomic E-state index is 0.212. The summed E-state index contributed by atoms with van der Waals surface area (Å²) in [7, 11) is 1.57. The number of hydrogen-bond donors (Lipinski definition) is 1. The highest BCUT2D eigenvalue weighted by Gasteiger charge is 2.16. The highest BCUT2D eigenvalue weighted by Crippen LogP contribution is 2.30. The zero-order valence-corrected chi connectivity index (χ0v) is 17.5. The fourth-order valence-electron chi connectivity index (χ4n) is 3.40. The third-order valence-electron chi connectivity index (χ3n) is 4.96. The Balaban J connectivity index is 1.33. The number of rotatable bonds is 5. The van der Waals surface area contributed by atoms with Crippen molar-refractivity contribution < 1.29 is 13.9 Å². The molecule has 1 amide bonds. The number of methoxy groups -OCH3 is 1. The van der Waals surface area contributed by atoms with Gasteiger partial charge in [0, 0.05) is 16.3 Å². The summed E-state index contributed by atoms with van der Waals surface area (Å²) in [6.45, 7) is 0. The van der Waals surface area contributed by atoms with Crippen LogP contribution >= 0.6 is 11.3 Å². The van der Waals surface area contributed by atoms with Gasteiger partial charge in [0.25, 0.3) is 5.91 Å². The Morgan fingerprint density at radius 3 is 2.45 bits per heavy atom. The average Bonchev–Trinajstić information content (AvgIpc) is 3.47. The maximum absolute atomic E-state index is 12.7. The van der Waals surface area contributed by atoms with Gasteiger partial charge < -0.3 is 9.15 Å². The van der Waals surface area contributed by atoms with Crippen LogP contribution in [0.1, 0.15) is 10.6 Å². The van der Waals surface area contributed by atoms with Crippen LogP contribution in [0.5, 0.6) is 5.75 Å². The first-order valence-electron chi connectivity index (χ1n) is 9.70. The van der Waals surface area contributed by atoms with Crippen molar-refractivity contribution in [2.45, 2.75) is 0 Å². The third kappa shape index (κ3) is 3.81. The Labute approximate surface area is 182 Å². The predicted molar refractivity (Wildman–Crippen MR) is 124 cm³/mol. The Morgan fingerprint density at radius 1 is 0.935 bits per heavy atom. The van der Waals surface area contributed by atoms with Gasteiger partial charge in [-0.1, -0.05) is 66.7 Å². The maximum Gasteiger partial charge on any atom is 0.293 e. The molecule has 0 aliphatic heterocycles. The van der Waals surface area contributed by atoms with Crippen molar-refractivity contribution in [2.24, 2.45) is 0 Å². The van der Waals surface area contributed by atoms with Crippen LogP contribution in [0.25, 0.3) is 33.4 Å². The van der Waals surface area contributed by atoms with E-state index in [0.717, 1.165) is 22.2 Å². The van der Waals surface area contributed by atoms with Crippen LogP contribution in [0.2, 0.25) is 0 Å². The van der Waals surface area contributed by atoms with Gasteiger partial charge in [-0.2, -0.15) is 0 Å². The van der Waals surface area contributed by atoms with Gasteiger partial charge in [-0.3, -0.25) is 10.1 Å². The van der Waals surface area contributed by atoms with Crippen LogP contribution < -0.4 is 10.1 Å². The van der Waals surface area contributed by atoms with E-state index in [0.29, 0.717) is 16.5 Å². The van der Waals surface area contributed by atoms with E-state index >= 15 is 0 Å². The fourth-order valence-corrected chi connectivity index (χ4v) is 4.11. The van der Waals surface area contributed by atoms with Crippen LogP contribution in [0.3, 0.4) is 0 Å². The standard InChI is InChI=1S/C25H18N2O3S/c1-29-21-9-5-8-19-14-22(30-23(19)21)24(28)27-25-26-20(15-31-25)18-12-10-17(11-13-18)16-6-3-2-4-7-16/h2-15H,1H3,(H,26,27,28). The molecule has 5 nitrogen and oxygen atoms in total. The fraction of sp³-hybridized carbons (Fsp3) is 0.0400. The van der Waals surface area contributed by atoms with E-state index in [-0.39, 0.29) is 11.7 Å². The second-order valence-corrected chi connectivity index (χ2v) is 7.78. The van der Waals surface area contributed by atoms with Crippen molar-refractivity contribution in [1.29, 1.82) is 0 Å². The van der Waals surface area contributed by atoms with Crippen LogP contribution in [0.15, 0.2) is 88.7 Å². The number of thiazole rings is 1. The van der Waals surface area contributed by atoms with Crippen LogP contribution in [0.4, 0.5) is 5.13 Å². The summed E-state index contributed by atoms with van der Waals surface area (Å²) in [4.78, 5) is 17.2. The molecule has 0 radical (unpaired) electrons. The summed E-state index contributed by atoms with van der Waals surface area (Å²) in [5, 5.41) is 6.06. The molecule has 6 heteroatoms. The molecular weight excluding hydrogens is 408 g/mol. The summed E-state index contributed by atoms with van der Waals surface area (Å²) >= 11 is 1.37. The lowest BCUT2D eigenvalue weighted by molar-refractivity contribution is 0.0998. The monoisotopic (exact) mass is 426 g/mol. The van der Waals surface area contributed by atoms with E-state index in [1.165, 1.54) is 16.9 Å². The summed E-state index contributed by atoms with van der Waals surface area (Å²) in [6.07, 6.45) is 0. The number of carbonyl (C=O) groups is 1. The van der Waals surface area contributed by atoms with E-state index in [2.05, 4.69) is 34.6 Å². The van der Waals surface area contributed by atoms with Crippen molar-refractivity contribution in [1.82, 2.24) is 4.98 Å². The number of para-hydroxylation sites is 1. The number of nitrogens with zero attached hydrogens (tertiary/aromatic N) is 1. The Morgan fingerprint density at radius 2 is 1.68 bits per heavy atom. The van der Waals surface area contributed by atoms with E-state index in [1.807, 2.05) is 47.8 Å². The summed E-state index contributed by atoms with van der Waals surface area (Å²) in [5.41, 5.74) is 4.67. The molecule has 2 heterocycles. The number of amides is 1. The highest BCUT2D eigenvalue weighted by molar-refractivity contribution is 7.14. The molecule has 0 aliphatic rings. The number of furan rings is 1. The van der Waals surface area contributed by atoms with Crippen molar-refractivity contribution in [3.8, 4) is 28.1 Å². The molecule has 152 valence electrons. The quantitative estimate of drug-likeness (QED) is 0.349. The van der Waals surface area contributed by atoms with Crippen LogP contribution in [0, 0.1) is 0 Å². The number of anilines is 1. The molecule has 2 aromatic heterocycles. The summed E-state index contributed by atoms with van der Waals surface area (Å²) < 4.78 is 11.0. The van der Waals surface area contributed by atoms with Gasteiger partial charge in [-0.05, 0) is 23.3 Å². The molecule has 0 unspecified atom stereocenters. The van der Waals surface area contributed by atoms with Gasteiger partial charge in [0.15, 0.2) is 22.2 Å².